The molecule has 0 aromatic carbocycles. The second-order valence-electron chi connectivity index (χ2n) is 16.0. The number of rotatable bonds is 5. The Hall–Kier alpha value is -2.64. The summed E-state index contributed by atoms with van der Waals surface area (Å²) in [4.78, 5) is 50.6. The molecule has 0 heterocycles. The molecule has 8 nitrogen and oxygen atoms in total. The summed E-state index contributed by atoms with van der Waals surface area (Å²) in [6.45, 7) is 17.9. The number of fused-ring (bicyclic) bond motifs is 7. The molecule has 0 radical (unpaired) electrons. The smallest absolute Gasteiger partial charge is 0.316 e. The van der Waals surface area contributed by atoms with Gasteiger partial charge in [-0.3, -0.25) is 19.2 Å². The summed E-state index contributed by atoms with van der Waals surface area (Å²) in [6.07, 6.45) is 7.65. The number of hydrogen-bond donors (Lipinski definition) is 0. The van der Waals surface area contributed by atoms with E-state index in [9.17, 15) is 19.2 Å². The molecule has 5 aliphatic carbocycles. The van der Waals surface area contributed by atoms with Crippen molar-refractivity contribution >= 4 is 23.9 Å². The highest BCUT2D eigenvalue weighted by atomic mass is 16.6. The summed E-state index contributed by atoms with van der Waals surface area (Å²) < 4.78 is 23.2. The van der Waals surface area contributed by atoms with Crippen LogP contribution < -0.4 is 0 Å². The molecule has 5 rings (SSSR count). The fraction of sp³-hybridized carbons (Fsp3) is 0.784. The molecule has 5 aliphatic rings. The van der Waals surface area contributed by atoms with Crippen LogP contribution in [-0.4, -0.2) is 49.8 Å². The molecule has 0 aromatic rings. The molecular weight excluding hydrogens is 572 g/mol. The van der Waals surface area contributed by atoms with Gasteiger partial charge in [0.2, 0.25) is 0 Å². The summed E-state index contributed by atoms with van der Waals surface area (Å²) >= 11 is 0. The second kappa shape index (κ2) is 11.3. The van der Waals surface area contributed by atoms with Gasteiger partial charge in [0.25, 0.3) is 0 Å². The maximum absolute atomic E-state index is 13.6. The molecule has 0 N–H and O–H groups in total. The number of carbonyl (C=O) groups excluding carboxylic acids is 4. The van der Waals surface area contributed by atoms with Crippen LogP contribution in [0.3, 0.4) is 0 Å². The minimum absolute atomic E-state index is 0.0468. The van der Waals surface area contributed by atoms with Gasteiger partial charge in [-0.1, -0.05) is 46.3 Å². The zero-order valence-electron chi connectivity index (χ0n) is 29.1. The molecule has 0 saturated heterocycles. The van der Waals surface area contributed by atoms with Crippen molar-refractivity contribution < 1.29 is 38.1 Å². The van der Waals surface area contributed by atoms with Gasteiger partial charge in [0, 0.05) is 26.2 Å². The Balaban J connectivity index is 1.65. The lowest BCUT2D eigenvalue weighted by atomic mass is 9.34. The molecule has 0 spiro atoms. The highest BCUT2D eigenvalue weighted by molar-refractivity contribution is 5.84. The minimum atomic E-state index is -0.763. The van der Waals surface area contributed by atoms with E-state index in [0.717, 1.165) is 44.9 Å². The Kier molecular flexibility index (Phi) is 8.43. The normalized spacial score (nSPS) is 43.8. The van der Waals surface area contributed by atoms with E-state index >= 15 is 0 Å². The second-order valence-corrected chi connectivity index (χ2v) is 16.0. The standard InChI is InChI=1S/C37H54O8/c1-21-13-16-37(32(41)42-10)18-17-35(8)26(30(37)22(21)2)11-12-29-33(6)19-27(44-24(4)39)31(45-25(5)40)34(7,20-43-23(3)38)28(33)14-15-36(29,35)9/h11,21,27-29,31H,12-20H2,1-10H3/t21-,27-,28-,29-,31+,33+,34+,35-,36-,37+/m1/s1. The molecular formula is C37H54O8. The lowest BCUT2D eigenvalue weighted by Crippen LogP contribution is -2.68. The Labute approximate surface area is 269 Å². The number of carbonyl (C=O) groups is 4. The maximum atomic E-state index is 13.6. The molecule has 10 atom stereocenters. The van der Waals surface area contributed by atoms with Crippen LogP contribution in [0, 0.1) is 44.8 Å². The van der Waals surface area contributed by atoms with E-state index in [4.69, 9.17) is 18.9 Å². The SMILES string of the molecule is COC(=O)[C@]12CC[C@@H](C)C(C)=C1C1=CC[C@@H]3[C@@]4(C)C[C@@H](OC(C)=O)[C@H](OC(C)=O)[C@@](C)(COC(C)=O)[C@@H]4CC[C@@]3(C)[C@]1(C)CC2. The minimum Gasteiger partial charge on any atom is -0.468 e. The monoisotopic (exact) mass is 626 g/mol. The van der Waals surface area contributed by atoms with E-state index in [-0.39, 0.29) is 40.7 Å². The van der Waals surface area contributed by atoms with Gasteiger partial charge in [0.1, 0.15) is 18.8 Å². The first-order valence-corrected chi connectivity index (χ1v) is 16.9. The quantitative estimate of drug-likeness (QED) is 0.240. The highest BCUT2D eigenvalue weighted by Gasteiger charge is 2.71. The summed E-state index contributed by atoms with van der Waals surface area (Å²) in [6, 6.07) is 0. The zero-order chi connectivity index (χ0) is 33.3. The van der Waals surface area contributed by atoms with E-state index in [2.05, 4.69) is 40.7 Å². The van der Waals surface area contributed by atoms with Crippen LogP contribution in [0.25, 0.3) is 0 Å². The number of hydrogen-bond acceptors (Lipinski definition) is 8. The third kappa shape index (κ3) is 4.81. The Bertz CT molecular complexity index is 1350. The van der Waals surface area contributed by atoms with Crippen LogP contribution in [0.2, 0.25) is 0 Å². The van der Waals surface area contributed by atoms with Crippen molar-refractivity contribution in [1.82, 2.24) is 0 Å². The van der Waals surface area contributed by atoms with Crippen molar-refractivity contribution in [3.05, 3.63) is 22.8 Å². The third-order valence-electron chi connectivity index (χ3n) is 13.9. The van der Waals surface area contributed by atoms with Crippen LogP contribution in [-0.2, 0) is 38.1 Å². The molecule has 0 bridgehead atoms. The summed E-state index contributed by atoms with van der Waals surface area (Å²) in [5, 5.41) is 0. The van der Waals surface area contributed by atoms with Crippen molar-refractivity contribution in [3.8, 4) is 0 Å². The Morgan fingerprint density at radius 1 is 0.867 bits per heavy atom. The molecule has 3 saturated carbocycles. The van der Waals surface area contributed by atoms with Gasteiger partial charge < -0.3 is 18.9 Å². The van der Waals surface area contributed by atoms with E-state index in [0.29, 0.717) is 12.3 Å². The van der Waals surface area contributed by atoms with Gasteiger partial charge in [0.05, 0.1) is 12.5 Å². The van der Waals surface area contributed by atoms with E-state index < -0.39 is 40.9 Å². The number of allylic oxidation sites excluding steroid dienone is 3. The van der Waals surface area contributed by atoms with E-state index in [1.165, 1.54) is 44.6 Å². The van der Waals surface area contributed by atoms with E-state index in [1.807, 2.05) is 6.92 Å². The van der Waals surface area contributed by atoms with Gasteiger partial charge in [0.15, 0.2) is 0 Å². The molecule has 0 amide bonds. The number of esters is 4. The van der Waals surface area contributed by atoms with Gasteiger partial charge in [-0.05, 0) is 103 Å². The molecule has 0 aromatic heterocycles. The summed E-state index contributed by atoms with van der Waals surface area (Å²) in [5.41, 5.74) is 1.91. The zero-order valence-corrected chi connectivity index (χ0v) is 29.1. The molecule has 3 fully saturated rings. The van der Waals surface area contributed by atoms with Crippen molar-refractivity contribution in [2.75, 3.05) is 13.7 Å². The van der Waals surface area contributed by atoms with Crippen LogP contribution in [0.5, 0.6) is 0 Å². The van der Waals surface area contributed by atoms with Crippen LogP contribution in [0.4, 0.5) is 0 Å². The Morgan fingerprint density at radius 2 is 1.53 bits per heavy atom. The summed E-state index contributed by atoms with van der Waals surface area (Å²) in [7, 11) is 1.52. The molecule has 45 heavy (non-hydrogen) atoms. The average molecular weight is 627 g/mol. The molecule has 0 aliphatic heterocycles. The fourth-order valence-electron chi connectivity index (χ4n) is 11.5. The van der Waals surface area contributed by atoms with Crippen molar-refractivity contribution in [2.45, 2.75) is 126 Å². The van der Waals surface area contributed by atoms with Crippen LogP contribution in [0.1, 0.15) is 114 Å². The predicted octanol–water partition coefficient (Wildman–Crippen LogP) is 6.90. The summed E-state index contributed by atoms with van der Waals surface area (Å²) in [5.74, 6) is -0.704. The number of methoxy groups -OCH3 is 1. The van der Waals surface area contributed by atoms with Gasteiger partial charge >= 0.3 is 23.9 Å². The van der Waals surface area contributed by atoms with Gasteiger partial charge in [-0.25, -0.2) is 0 Å². The van der Waals surface area contributed by atoms with Crippen LogP contribution >= 0.6 is 0 Å². The Morgan fingerprint density at radius 3 is 2.13 bits per heavy atom. The van der Waals surface area contributed by atoms with Crippen LogP contribution in [0.15, 0.2) is 22.8 Å². The van der Waals surface area contributed by atoms with Crippen molar-refractivity contribution in [2.24, 2.45) is 44.8 Å². The van der Waals surface area contributed by atoms with Crippen molar-refractivity contribution in [1.29, 1.82) is 0 Å². The number of ether oxygens (including phenoxy) is 4. The average Bonchev–Trinajstić information content (AvgIpc) is 2.95. The first-order valence-electron chi connectivity index (χ1n) is 16.9. The topological polar surface area (TPSA) is 105 Å². The molecule has 8 heteroatoms. The lowest BCUT2D eigenvalue weighted by molar-refractivity contribution is -0.254. The highest BCUT2D eigenvalue weighted by Crippen LogP contribution is 2.75. The third-order valence-corrected chi connectivity index (χ3v) is 13.9. The predicted molar refractivity (Wildman–Crippen MR) is 168 cm³/mol. The first kappa shape index (κ1) is 33.7. The van der Waals surface area contributed by atoms with Gasteiger partial charge in [-0.2, -0.15) is 0 Å². The van der Waals surface area contributed by atoms with Crippen molar-refractivity contribution in [3.63, 3.8) is 0 Å². The fourth-order valence-corrected chi connectivity index (χ4v) is 11.5. The lowest BCUT2D eigenvalue weighted by Gasteiger charge is -2.71. The maximum Gasteiger partial charge on any atom is 0.316 e. The van der Waals surface area contributed by atoms with E-state index in [1.54, 1.807) is 0 Å². The first-order chi connectivity index (χ1) is 20.9. The largest absolute Gasteiger partial charge is 0.468 e. The van der Waals surface area contributed by atoms with Gasteiger partial charge in [-0.15, -0.1) is 0 Å². The molecule has 0 unspecified atom stereocenters. The molecule has 250 valence electrons.